The van der Waals surface area contributed by atoms with Crippen molar-refractivity contribution in [1.29, 1.82) is 0 Å². The zero-order valence-corrected chi connectivity index (χ0v) is 24.8. The van der Waals surface area contributed by atoms with Gasteiger partial charge in [0.1, 0.15) is 10.0 Å². The van der Waals surface area contributed by atoms with E-state index in [4.69, 9.17) is 17.3 Å². The predicted octanol–water partition coefficient (Wildman–Crippen LogP) is 6.29. The summed E-state index contributed by atoms with van der Waals surface area (Å²) in [5, 5.41) is 4.86. The number of para-hydroxylation sites is 1. The molecule has 1 amide bonds. The van der Waals surface area contributed by atoms with Crippen LogP contribution in [0, 0.1) is 0 Å². The van der Waals surface area contributed by atoms with E-state index < -0.39 is 10.0 Å². The lowest BCUT2D eigenvalue weighted by atomic mass is 10.1. The second-order valence-corrected chi connectivity index (χ2v) is 13.6. The minimum atomic E-state index is -3.61. The number of thioether (sulfide) groups is 1. The number of sulfonamides is 1. The van der Waals surface area contributed by atoms with Crippen molar-refractivity contribution in [2.75, 3.05) is 13.1 Å². The summed E-state index contributed by atoms with van der Waals surface area (Å²) < 4.78 is 30.4. The lowest BCUT2D eigenvalue weighted by Crippen LogP contribution is -2.30. The maximum Gasteiger partial charge on any atom is 0.266 e. The summed E-state index contributed by atoms with van der Waals surface area (Å²) in [7, 11) is -3.61. The lowest BCUT2D eigenvalue weighted by molar-refractivity contribution is -0.123. The molecule has 0 saturated carbocycles. The highest BCUT2D eigenvalue weighted by molar-refractivity contribution is 8.26. The molecule has 4 aromatic rings. The Labute approximate surface area is 249 Å². The fourth-order valence-corrected chi connectivity index (χ4v) is 8.12. The van der Waals surface area contributed by atoms with Gasteiger partial charge in [0.15, 0.2) is 0 Å². The van der Waals surface area contributed by atoms with Crippen LogP contribution in [0.3, 0.4) is 0 Å². The highest BCUT2D eigenvalue weighted by Gasteiger charge is 2.36. The third-order valence-electron chi connectivity index (χ3n) is 7.35. The first-order valence-corrected chi connectivity index (χ1v) is 16.1. The first kappa shape index (κ1) is 27.6. The zero-order chi connectivity index (χ0) is 28.6. The highest BCUT2D eigenvalue weighted by atomic mass is 32.2. The highest BCUT2D eigenvalue weighted by Crippen LogP contribution is 2.39. The van der Waals surface area contributed by atoms with Gasteiger partial charge in [-0.1, -0.05) is 84.6 Å². The van der Waals surface area contributed by atoms with Crippen molar-refractivity contribution < 1.29 is 13.2 Å². The molecular formula is C31H28N4O3S3. The maximum atomic E-state index is 13.6. The van der Waals surface area contributed by atoms with Gasteiger partial charge in [-0.25, -0.2) is 13.1 Å². The van der Waals surface area contributed by atoms with E-state index in [1.807, 2.05) is 79.9 Å². The van der Waals surface area contributed by atoms with Crippen molar-refractivity contribution in [1.82, 2.24) is 19.0 Å². The molecule has 6 rings (SSSR count). The Kier molecular flexibility index (Phi) is 7.65. The topological polar surface area (TPSA) is 75.5 Å². The van der Waals surface area contributed by atoms with Gasteiger partial charge in [-0.3, -0.25) is 9.69 Å². The Morgan fingerprint density at radius 2 is 1.63 bits per heavy atom. The minimum Gasteiger partial charge on any atom is -0.286 e. The third-order valence-corrected chi connectivity index (χ3v) is 10.6. The molecule has 0 radical (unpaired) electrons. The van der Waals surface area contributed by atoms with E-state index in [2.05, 4.69) is 0 Å². The summed E-state index contributed by atoms with van der Waals surface area (Å²) in [4.78, 5) is 16.0. The smallest absolute Gasteiger partial charge is 0.266 e. The molecule has 0 N–H and O–H groups in total. The number of carbonyl (C=O) groups is 1. The molecule has 1 aromatic heterocycles. The van der Waals surface area contributed by atoms with Crippen molar-refractivity contribution in [3.05, 3.63) is 107 Å². The van der Waals surface area contributed by atoms with E-state index in [-0.39, 0.29) is 16.8 Å². The van der Waals surface area contributed by atoms with Gasteiger partial charge in [0.2, 0.25) is 10.0 Å². The number of aromatic nitrogens is 2. The van der Waals surface area contributed by atoms with Gasteiger partial charge < -0.3 is 0 Å². The van der Waals surface area contributed by atoms with E-state index in [1.54, 1.807) is 33.9 Å². The first-order chi connectivity index (χ1) is 19.8. The molecule has 3 heterocycles. The molecule has 2 aliphatic heterocycles. The molecule has 0 spiro atoms. The monoisotopic (exact) mass is 600 g/mol. The van der Waals surface area contributed by atoms with Crippen LogP contribution in [0.15, 0.2) is 101 Å². The Hall–Kier alpha value is -3.57. The van der Waals surface area contributed by atoms with Crippen LogP contribution in [0.25, 0.3) is 23.0 Å². The van der Waals surface area contributed by atoms with Crippen LogP contribution < -0.4 is 0 Å². The van der Waals surface area contributed by atoms with Crippen LogP contribution in [-0.4, -0.2) is 50.7 Å². The molecule has 0 aliphatic carbocycles. The van der Waals surface area contributed by atoms with E-state index in [1.165, 1.54) is 16.1 Å². The van der Waals surface area contributed by atoms with E-state index in [0.29, 0.717) is 39.1 Å². The number of nitrogens with zero attached hydrogens (tertiary/aromatic N) is 4. The average Bonchev–Trinajstić information content (AvgIpc) is 3.74. The molecule has 2 aliphatic rings. The first-order valence-electron chi connectivity index (χ1n) is 13.4. The second-order valence-electron chi connectivity index (χ2n) is 9.99. The number of hydrogen-bond donors (Lipinski definition) is 0. The molecule has 208 valence electrons. The minimum absolute atomic E-state index is 0.167. The molecule has 7 nitrogen and oxygen atoms in total. The molecule has 1 atom stereocenters. The van der Waals surface area contributed by atoms with Crippen LogP contribution in [-0.2, 0) is 14.8 Å². The molecule has 2 fully saturated rings. The summed E-state index contributed by atoms with van der Waals surface area (Å²) in [6.45, 7) is 3.03. The fraction of sp³-hybridized carbons (Fsp3) is 0.194. The van der Waals surface area contributed by atoms with Gasteiger partial charge in [0, 0.05) is 30.4 Å². The molecule has 3 aromatic carbocycles. The summed E-state index contributed by atoms with van der Waals surface area (Å²) in [6, 6.07) is 26.1. The van der Waals surface area contributed by atoms with Crippen molar-refractivity contribution >= 4 is 50.3 Å². The summed E-state index contributed by atoms with van der Waals surface area (Å²) >= 11 is 6.90. The number of rotatable bonds is 7. The van der Waals surface area contributed by atoms with Crippen LogP contribution >= 0.6 is 24.0 Å². The summed E-state index contributed by atoms with van der Waals surface area (Å²) in [6.07, 6.45) is 5.40. The van der Waals surface area contributed by atoms with Gasteiger partial charge >= 0.3 is 0 Å². The van der Waals surface area contributed by atoms with Crippen LogP contribution in [0.5, 0.6) is 0 Å². The fourth-order valence-electron chi connectivity index (χ4n) is 5.15. The van der Waals surface area contributed by atoms with Crippen LogP contribution in [0.1, 0.15) is 36.9 Å². The number of benzene rings is 3. The van der Waals surface area contributed by atoms with Gasteiger partial charge in [-0.15, -0.1) is 0 Å². The number of carbonyl (C=O) groups excluding carboxylic acids is 1. The van der Waals surface area contributed by atoms with Crippen molar-refractivity contribution in [2.24, 2.45) is 0 Å². The largest absolute Gasteiger partial charge is 0.286 e. The SMILES string of the molecule is CC(c1ccccc1)N1C(=O)C(=Cc2cn(-c3ccccc3)nc2-c2cccc(S(=O)(=O)N3CCCC3)c2)SC1=S. The average molecular weight is 601 g/mol. The van der Waals surface area contributed by atoms with E-state index >= 15 is 0 Å². The molecule has 41 heavy (non-hydrogen) atoms. The Morgan fingerprint density at radius 1 is 0.951 bits per heavy atom. The van der Waals surface area contributed by atoms with Gasteiger partial charge in [0.05, 0.1) is 21.5 Å². The Morgan fingerprint density at radius 3 is 2.34 bits per heavy atom. The number of amides is 1. The number of thiocarbonyl (C=S) groups is 1. The summed E-state index contributed by atoms with van der Waals surface area (Å²) in [5.41, 5.74) is 3.77. The van der Waals surface area contributed by atoms with Crippen LogP contribution in [0.4, 0.5) is 0 Å². The lowest BCUT2D eigenvalue weighted by Gasteiger charge is -2.23. The Bertz CT molecular complexity index is 1750. The number of hydrogen-bond acceptors (Lipinski definition) is 6. The van der Waals surface area contributed by atoms with Crippen LogP contribution in [0.2, 0.25) is 0 Å². The third kappa shape index (κ3) is 5.40. The Balaban J connectivity index is 1.41. The molecule has 0 bridgehead atoms. The van der Waals surface area contributed by atoms with E-state index in [9.17, 15) is 13.2 Å². The van der Waals surface area contributed by atoms with Gasteiger partial charge in [0.25, 0.3) is 5.91 Å². The predicted molar refractivity (Wildman–Crippen MR) is 167 cm³/mol. The second kappa shape index (κ2) is 11.4. The van der Waals surface area contributed by atoms with Gasteiger partial charge in [-0.2, -0.15) is 9.40 Å². The molecule has 2 saturated heterocycles. The van der Waals surface area contributed by atoms with Crippen molar-refractivity contribution in [2.45, 2.75) is 30.7 Å². The zero-order valence-electron chi connectivity index (χ0n) is 22.4. The molecular weight excluding hydrogens is 573 g/mol. The van der Waals surface area contributed by atoms with E-state index in [0.717, 1.165) is 24.1 Å². The summed E-state index contributed by atoms with van der Waals surface area (Å²) in [5.74, 6) is -0.167. The van der Waals surface area contributed by atoms with Gasteiger partial charge in [-0.05, 0) is 55.7 Å². The van der Waals surface area contributed by atoms with Crippen molar-refractivity contribution in [3.63, 3.8) is 0 Å². The molecule has 10 heteroatoms. The maximum absolute atomic E-state index is 13.6. The standard InChI is InChI=1S/C31H28N4O3S3/c1-22(23-11-4-2-5-12-23)35-30(36)28(40-31(35)39)20-25-21-34(26-14-6-3-7-15-26)32-29(25)24-13-10-16-27(19-24)41(37,38)33-17-8-9-18-33/h2-7,10-16,19-22H,8-9,17-18H2,1H3. The normalized spacial score (nSPS) is 18.0. The quantitative estimate of drug-likeness (QED) is 0.183. The van der Waals surface area contributed by atoms with Crippen molar-refractivity contribution in [3.8, 4) is 16.9 Å². The molecule has 1 unspecified atom stereocenters.